The summed E-state index contributed by atoms with van der Waals surface area (Å²) in [4.78, 5) is 1.08. The standard InChI is InChI=1S/C13H16ClNO2S/c1-8-7-18-13(11(8)14)12(15-2)10-5-4-9(17-10)6-16-3/h4-5,7,12,15H,6H2,1-3H3. The Hall–Kier alpha value is -0.810. The molecule has 0 aliphatic carbocycles. The molecular formula is C13H16ClNO2S. The molecule has 2 rings (SSSR count). The molecule has 1 atom stereocenters. The molecule has 0 bridgehead atoms. The van der Waals surface area contributed by atoms with E-state index in [0.29, 0.717) is 6.61 Å². The first-order chi connectivity index (χ1) is 8.67. The van der Waals surface area contributed by atoms with Crippen LogP contribution >= 0.6 is 22.9 Å². The van der Waals surface area contributed by atoms with Crippen molar-refractivity contribution in [2.45, 2.75) is 19.6 Å². The van der Waals surface area contributed by atoms with Crippen molar-refractivity contribution in [3.8, 4) is 0 Å². The van der Waals surface area contributed by atoms with Gasteiger partial charge in [-0.25, -0.2) is 0 Å². The highest BCUT2D eigenvalue weighted by Gasteiger charge is 2.21. The average molecular weight is 286 g/mol. The van der Waals surface area contributed by atoms with Gasteiger partial charge in [0.05, 0.1) is 5.02 Å². The first-order valence-electron chi connectivity index (χ1n) is 5.65. The Morgan fingerprint density at radius 1 is 1.50 bits per heavy atom. The lowest BCUT2D eigenvalue weighted by Crippen LogP contribution is -2.16. The lowest BCUT2D eigenvalue weighted by molar-refractivity contribution is 0.162. The van der Waals surface area contributed by atoms with Crippen LogP contribution in [0.25, 0.3) is 0 Å². The number of hydrogen-bond acceptors (Lipinski definition) is 4. The second kappa shape index (κ2) is 5.89. The fourth-order valence-electron chi connectivity index (χ4n) is 1.82. The summed E-state index contributed by atoms with van der Waals surface area (Å²) in [6.45, 7) is 2.49. The Bertz CT molecular complexity index is 521. The molecule has 0 spiro atoms. The van der Waals surface area contributed by atoms with Crippen molar-refractivity contribution in [1.82, 2.24) is 5.32 Å². The average Bonchev–Trinajstić information content (AvgIpc) is 2.93. The number of nitrogens with one attached hydrogen (secondary N) is 1. The van der Waals surface area contributed by atoms with Crippen LogP contribution in [0.15, 0.2) is 21.9 Å². The number of hydrogen-bond donors (Lipinski definition) is 1. The number of aryl methyl sites for hydroxylation is 1. The highest BCUT2D eigenvalue weighted by molar-refractivity contribution is 7.10. The molecule has 98 valence electrons. The normalized spacial score (nSPS) is 12.9. The van der Waals surface area contributed by atoms with Crippen LogP contribution in [0.1, 0.15) is 28.0 Å². The Morgan fingerprint density at radius 3 is 2.83 bits per heavy atom. The third-order valence-corrected chi connectivity index (χ3v) is 4.51. The van der Waals surface area contributed by atoms with E-state index in [1.54, 1.807) is 18.4 Å². The van der Waals surface area contributed by atoms with Crippen molar-refractivity contribution in [2.75, 3.05) is 14.2 Å². The maximum absolute atomic E-state index is 6.30. The van der Waals surface area contributed by atoms with E-state index in [0.717, 1.165) is 27.0 Å². The van der Waals surface area contributed by atoms with Gasteiger partial charge < -0.3 is 14.5 Å². The molecule has 5 heteroatoms. The van der Waals surface area contributed by atoms with Crippen molar-refractivity contribution in [2.24, 2.45) is 0 Å². The van der Waals surface area contributed by atoms with Crippen LogP contribution in [0.2, 0.25) is 5.02 Å². The minimum atomic E-state index is -0.0122. The van der Waals surface area contributed by atoms with E-state index in [1.807, 2.05) is 26.1 Å². The van der Waals surface area contributed by atoms with Crippen molar-refractivity contribution in [3.05, 3.63) is 44.5 Å². The molecule has 0 fully saturated rings. The zero-order chi connectivity index (χ0) is 13.1. The lowest BCUT2D eigenvalue weighted by Gasteiger charge is -2.12. The van der Waals surface area contributed by atoms with Crippen LogP contribution in [-0.2, 0) is 11.3 Å². The first-order valence-corrected chi connectivity index (χ1v) is 6.91. The molecular weight excluding hydrogens is 270 g/mol. The number of furan rings is 1. The Morgan fingerprint density at radius 2 is 2.28 bits per heavy atom. The lowest BCUT2D eigenvalue weighted by atomic mass is 10.1. The molecule has 3 nitrogen and oxygen atoms in total. The van der Waals surface area contributed by atoms with Crippen LogP contribution in [0, 0.1) is 6.92 Å². The van der Waals surface area contributed by atoms with Gasteiger partial charge in [-0.05, 0) is 37.0 Å². The Kier molecular flexibility index (Phi) is 4.45. The highest BCUT2D eigenvalue weighted by atomic mass is 35.5. The first kappa shape index (κ1) is 13.6. The molecule has 0 aliphatic rings. The predicted octanol–water partition coefficient (Wildman–Crippen LogP) is 3.76. The fourth-order valence-corrected chi connectivity index (χ4v) is 3.23. The zero-order valence-corrected chi connectivity index (χ0v) is 12.2. The van der Waals surface area contributed by atoms with Gasteiger partial charge in [-0.1, -0.05) is 11.6 Å². The largest absolute Gasteiger partial charge is 0.462 e. The highest BCUT2D eigenvalue weighted by Crippen LogP contribution is 2.36. The van der Waals surface area contributed by atoms with Crippen molar-refractivity contribution in [3.63, 3.8) is 0 Å². The maximum atomic E-state index is 6.30. The molecule has 2 heterocycles. The summed E-state index contributed by atoms with van der Waals surface area (Å²) >= 11 is 7.94. The van der Waals surface area contributed by atoms with Crippen LogP contribution in [-0.4, -0.2) is 14.2 Å². The molecule has 18 heavy (non-hydrogen) atoms. The molecule has 0 radical (unpaired) electrons. The number of thiophene rings is 1. The smallest absolute Gasteiger partial charge is 0.129 e. The summed E-state index contributed by atoms with van der Waals surface area (Å²) in [6, 6.07) is 3.88. The topological polar surface area (TPSA) is 34.4 Å². The number of methoxy groups -OCH3 is 1. The molecule has 0 aliphatic heterocycles. The monoisotopic (exact) mass is 285 g/mol. The molecule has 2 aromatic heterocycles. The number of halogens is 1. The van der Waals surface area contributed by atoms with Gasteiger partial charge in [0.1, 0.15) is 24.2 Å². The summed E-state index contributed by atoms with van der Waals surface area (Å²) in [5.41, 5.74) is 1.10. The van der Waals surface area contributed by atoms with E-state index in [4.69, 9.17) is 20.8 Å². The zero-order valence-electron chi connectivity index (χ0n) is 10.6. The van der Waals surface area contributed by atoms with E-state index < -0.39 is 0 Å². The van der Waals surface area contributed by atoms with Gasteiger partial charge in [-0.2, -0.15) is 0 Å². The van der Waals surface area contributed by atoms with Crippen LogP contribution in [0.3, 0.4) is 0 Å². The Balaban J connectivity index is 2.30. The van der Waals surface area contributed by atoms with Crippen LogP contribution < -0.4 is 5.32 Å². The van der Waals surface area contributed by atoms with E-state index >= 15 is 0 Å². The van der Waals surface area contributed by atoms with Gasteiger partial charge in [0.25, 0.3) is 0 Å². The predicted molar refractivity (Wildman–Crippen MR) is 74.4 cm³/mol. The van der Waals surface area contributed by atoms with Crippen LogP contribution in [0.4, 0.5) is 0 Å². The molecule has 1 unspecified atom stereocenters. The number of ether oxygens (including phenoxy) is 1. The summed E-state index contributed by atoms with van der Waals surface area (Å²) in [6.07, 6.45) is 0. The van der Waals surface area contributed by atoms with Crippen molar-refractivity contribution >= 4 is 22.9 Å². The van der Waals surface area contributed by atoms with Gasteiger partial charge in [0.15, 0.2) is 0 Å². The molecule has 0 aromatic carbocycles. The second-order valence-corrected chi connectivity index (χ2v) is 5.34. The van der Waals surface area contributed by atoms with Gasteiger partial charge in [0.2, 0.25) is 0 Å². The summed E-state index contributed by atoms with van der Waals surface area (Å²) in [5, 5.41) is 6.10. The van der Waals surface area contributed by atoms with E-state index in [9.17, 15) is 0 Å². The fraction of sp³-hybridized carbons (Fsp3) is 0.385. The SMILES string of the molecule is CNC(c1ccc(COC)o1)c1scc(C)c1Cl. The van der Waals surface area contributed by atoms with Gasteiger partial charge in [-0.15, -0.1) is 11.3 Å². The number of rotatable bonds is 5. The quantitative estimate of drug-likeness (QED) is 0.908. The van der Waals surface area contributed by atoms with Gasteiger partial charge in [-0.3, -0.25) is 0 Å². The van der Waals surface area contributed by atoms with E-state index in [2.05, 4.69) is 10.7 Å². The summed E-state index contributed by atoms with van der Waals surface area (Å²) in [7, 11) is 3.55. The summed E-state index contributed by atoms with van der Waals surface area (Å²) in [5.74, 6) is 1.67. The van der Waals surface area contributed by atoms with Gasteiger partial charge >= 0.3 is 0 Å². The van der Waals surface area contributed by atoms with Gasteiger partial charge in [0, 0.05) is 12.0 Å². The van der Waals surface area contributed by atoms with Crippen LogP contribution in [0.5, 0.6) is 0 Å². The van der Waals surface area contributed by atoms with E-state index in [-0.39, 0.29) is 6.04 Å². The Labute approximate surface area is 116 Å². The second-order valence-electron chi connectivity index (χ2n) is 4.06. The molecule has 2 aromatic rings. The molecule has 0 amide bonds. The molecule has 0 saturated heterocycles. The molecule has 1 N–H and O–H groups in total. The maximum Gasteiger partial charge on any atom is 0.129 e. The van der Waals surface area contributed by atoms with E-state index in [1.165, 1.54) is 0 Å². The third kappa shape index (κ3) is 2.62. The third-order valence-electron chi connectivity index (χ3n) is 2.73. The summed E-state index contributed by atoms with van der Waals surface area (Å²) < 4.78 is 10.8. The van der Waals surface area contributed by atoms with Crippen molar-refractivity contribution < 1.29 is 9.15 Å². The molecule has 0 saturated carbocycles. The van der Waals surface area contributed by atoms with Crippen molar-refractivity contribution in [1.29, 1.82) is 0 Å². The minimum Gasteiger partial charge on any atom is -0.462 e. The minimum absolute atomic E-state index is 0.0122.